The van der Waals surface area contributed by atoms with Crippen LogP contribution in [0.2, 0.25) is 0 Å². The Hall–Kier alpha value is -2.16. The molecule has 2 rings (SSSR count). The number of benzene rings is 1. The van der Waals surface area contributed by atoms with Crippen LogP contribution in [0.4, 0.5) is 0 Å². The summed E-state index contributed by atoms with van der Waals surface area (Å²) >= 11 is 0. The van der Waals surface area contributed by atoms with E-state index in [1.54, 1.807) is 6.20 Å². The number of rotatable bonds is 5. The van der Waals surface area contributed by atoms with Gasteiger partial charge in [0, 0.05) is 11.9 Å². The Morgan fingerprint density at radius 1 is 1.21 bits per heavy atom. The van der Waals surface area contributed by atoms with Crippen molar-refractivity contribution in [2.75, 3.05) is 0 Å². The number of nitrogens with two attached hydrogens (primary N) is 1. The highest BCUT2D eigenvalue weighted by molar-refractivity contribution is 5.76. The molecule has 0 saturated carbocycles. The van der Waals surface area contributed by atoms with Crippen LogP contribution >= 0.6 is 0 Å². The van der Waals surface area contributed by atoms with Gasteiger partial charge in [-0.1, -0.05) is 24.3 Å². The molecular formula is C16H18N2O. The van der Waals surface area contributed by atoms with Gasteiger partial charge in [-0.05, 0) is 48.6 Å². The highest BCUT2D eigenvalue weighted by atomic mass is 16.1. The Labute approximate surface area is 113 Å². The van der Waals surface area contributed by atoms with E-state index in [0.29, 0.717) is 0 Å². The average molecular weight is 254 g/mol. The van der Waals surface area contributed by atoms with E-state index in [1.807, 2.05) is 12.1 Å². The number of hydrogen-bond acceptors (Lipinski definition) is 2. The summed E-state index contributed by atoms with van der Waals surface area (Å²) in [4.78, 5) is 15.0. The molecule has 0 radical (unpaired) electrons. The van der Waals surface area contributed by atoms with E-state index in [1.165, 1.54) is 16.7 Å². The molecule has 2 aromatic rings. The Morgan fingerprint density at radius 3 is 2.74 bits per heavy atom. The smallest absolute Gasteiger partial charge is 0.223 e. The minimum atomic E-state index is -0.344. The molecule has 0 saturated heterocycles. The van der Waals surface area contributed by atoms with Gasteiger partial charge in [0.1, 0.15) is 0 Å². The molecule has 1 heterocycles. The molecule has 1 aromatic carbocycles. The predicted molar refractivity (Wildman–Crippen MR) is 75.7 cm³/mol. The maximum Gasteiger partial charge on any atom is 0.223 e. The molecule has 0 aliphatic heterocycles. The fourth-order valence-corrected chi connectivity index (χ4v) is 2.13. The Kier molecular flexibility index (Phi) is 4.29. The molecule has 0 aliphatic carbocycles. The van der Waals surface area contributed by atoms with E-state index < -0.39 is 0 Å². The highest BCUT2D eigenvalue weighted by Gasteiger charge is 2.03. The van der Waals surface area contributed by atoms with Crippen molar-refractivity contribution >= 4 is 5.91 Å². The first kappa shape index (κ1) is 13.3. The summed E-state index contributed by atoms with van der Waals surface area (Å²) in [6, 6.07) is 12.3. The maximum atomic E-state index is 10.9. The van der Waals surface area contributed by atoms with Crippen LogP contribution < -0.4 is 5.73 Å². The lowest BCUT2D eigenvalue weighted by Crippen LogP contribution is -2.14. The number of carbonyl (C=O) groups is 1. The summed E-state index contributed by atoms with van der Waals surface area (Å²) in [7, 11) is 0. The minimum absolute atomic E-state index is 0.207. The van der Waals surface area contributed by atoms with Crippen LogP contribution in [0.5, 0.6) is 0 Å². The molecular weight excluding hydrogens is 236 g/mol. The fourth-order valence-electron chi connectivity index (χ4n) is 2.13. The third kappa shape index (κ3) is 3.91. The Bertz CT molecular complexity index is 578. The summed E-state index contributed by atoms with van der Waals surface area (Å²) in [6.07, 6.45) is 3.88. The molecule has 0 aliphatic rings. The van der Waals surface area contributed by atoms with E-state index in [-0.39, 0.29) is 12.3 Å². The van der Waals surface area contributed by atoms with Crippen molar-refractivity contribution < 1.29 is 4.79 Å². The largest absolute Gasteiger partial charge is 0.369 e. The van der Waals surface area contributed by atoms with Gasteiger partial charge in [-0.15, -0.1) is 0 Å². The quantitative estimate of drug-likeness (QED) is 0.889. The first-order valence-corrected chi connectivity index (χ1v) is 6.42. The van der Waals surface area contributed by atoms with Gasteiger partial charge < -0.3 is 5.73 Å². The number of aryl methyl sites for hydroxylation is 3. The molecule has 0 fully saturated rings. The third-order valence-corrected chi connectivity index (χ3v) is 3.18. The number of carbonyl (C=O) groups excluding carboxylic acids is 1. The third-order valence-electron chi connectivity index (χ3n) is 3.18. The first-order valence-electron chi connectivity index (χ1n) is 6.42. The number of primary amides is 1. The standard InChI is InChI=1S/C16H18N2O/c1-12-4-2-3-5-14(12)7-6-13-8-9-18-15(10-13)11-16(17)19/h2-5,8-10H,6-7,11H2,1H3,(H2,17,19). The zero-order valence-electron chi connectivity index (χ0n) is 11.1. The number of amides is 1. The topological polar surface area (TPSA) is 56.0 Å². The van der Waals surface area contributed by atoms with Gasteiger partial charge in [-0.2, -0.15) is 0 Å². The SMILES string of the molecule is Cc1ccccc1CCc1ccnc(CC(N)=O)c1. The number of pyridine rings is 1. The highest BCUT2D eigenvalue weighted by Crippen LogP contribution is 2.12. The van der Waals surface area contributed by atoms with Crippen molar-refractivity contribution in [3.8, 4) is 0 Å². The molecule has 19 heavy (non-hydrogen) atoms. The summed E-state index contributed by atoms with van der Waals surface area (Å²) in [5.74, 6) is -0.344. The molecule has 1 amide bonds. The van der Waals surface area contributed by atoms with Crippen molar-refractivity contribution in [1.29, 1.82) is 0 Å². The number of hydrogen-bond donors (Lipinski definition) is 1. The lowest BCUT2D eigenvalue weighted by atomic mass is 10.0. The zero-order valence-corrected chi connectivity index (χ0v) is 11.1. The Morgan fingerprint density at radius 2 is 2.00 bits per heavy atom. The normalized spacial score (nSPS) is 10.4. The average Bonchev–Trinajstić information content (AvgIpc) is 2.37. The Balaban J connectivity index is 2.03. The number of nitrogens with zero attached hydrogens (tertiary/aromatic N) is 1. The summed E-state index contributed by atoms with van der Waals surface area (Å²) < 4.78 is 0. The van der Waals surface area contributed by atoms with Crippen molar-refractivity contribution in [2.24, 2.45) is 5.73 Å². The molecule has 0 unspecified atom stereocenters. The van der Waals surface area contributed by atoms with Gasteiger partial charge in [0.15, 0.2) is 0 Å². The van der Waals surface area contributed by atoms with Crippen LogP contribution in [0, 0.1) is 6.92 Å². The van der Waals surface area contributed by atoms with Crippen LogP contribution in [0.15, 0.2) is 42.6 Å². The summed E-state index contributed by atoms with van der Waals surface area (Å²) in [5.41, 5.74) is 9.79. The molecule has 3 nitrogen and oxygen atoms in total. The van der Waals surface area contributed by atoms with Crippen LogP contribution in [0.1, 0.15) is 22.4 Å². The van der Waals surface area contributed by atoms with Gasteiger partial charge in [-0.3, -0.25) is 9.78 Å². The monoisotopic (exact) mass is 254 g/mol. The molecule has 98 valence electrons. The molecule has 2 N–H and O–H groups in total. The zero-order chi connectivity index (χ0) is 13.7. The van der Waals surface area contributed by atoms with Gasteiger partial charge in [0.2, 0.25) is 5.91 Å². The van der Waals surface area contributed by atoms with Gasteiger partial charge in [-0.25, -0.2) is 0 Å². The maximum absolute atomic E-state index is 10.9. The van der Waals surface area contributed by atoms with Crippen LogP contribution in [0.3, 0.4) is 0 Å². The second-order valence-electron chi connectivity index (χ2n) is 4.73. The summed E-state index contributed by atoms with van der Waals surface area (Å²) in [5, 5.41) is 0. The van der Waals surface area contributed by atoms with E-state index >= 15 is 0 Å². The minimum Gasteiger partial charge on any atom is -0.369 e. The van der Waals surface area contributed by atoms with Crippen LogP contribution in [0.25, 0.3) is 0 Å². The predicted octanol–water partition coefficient (Wildman–Crippen LogP) is 2.20. The lowest BCUT2D eigenvalue weighted by molar-refractivity contribution is -0.117. The van der Waals surface area contributed by atoms with E-state index in [0.717, 1.165) is 18.5 Å². The van der Waals surface area contributed by atoms with Gasteiger partial charge >= 0.3 is 0 Å². The molecule has 0 atom stereocenters. The van der Waals surface area contributed by atoms with Crippen LogP contribution in [-0.2, 0) is 24.1 Å². The lowest BCUT2D eigenvalue weighted by Gasteiger charge is -2.06. The fraction of sp³-hybridized carbons (Fsp3) is 0.250. The molecule has 0 spiro atoms. The summed E-state index contributed by atoms with van der Waals surface area (Å²) in [6.45, 7) is 2.13. The van der Waals surface area contributed by atoms with Gasteiger partial charge in [0.05, 0.1) is 6.42 Å². The molecule has 1 aromatic heterocycles. The van der Waals surface area contributed by atoms with Crippen molar-refractivity contribution in [3.63, 3.8) is 0 Å². The van der Waals surface area contributed by atoms with Crippen molar-refractivity contribution in [3.05, 3.63) is 65.0 Å². The second kappa shape index (κ2) is 6.14. The molecule has 0 bridgehead atoms. The second-order valence-corrected chi connectivity index (χ2v) is 4.73. The molecule has 3 heteroatoms. The van der Waals surface area contributed by atoms with Crippen LogP contribution in [-0.4, -0.2) is 10.9 Å². The van der Waals surface area contributed by atoms with Crippen molar-refractivity contribution in [2.45, 2.75) is 26.2 Å². The first-order chi connectivity index (χ1) is 9.15. The number of aromatic nitrogens is 1. The van der Waals surface area contributed by atoms with Gasteiger partial charge in [0.25, 0.3) is 0 Å². The van der Waals surface area contributed by atoms with E-state index in [2.05, 4.69) is 36.2 Å². The van der Waals surface area contributed by atoms with Crippen molar-refractivity contribution in [1.82, 2.24) is 4.98 Å². The van der Waals surface area contributed by atoms with E-state index in [9.17, 15) is 4.79 Å². The van der Waals surface area contributed by atoms with E-state index in [4.69, 9.17) is 5.73 Å².